The normalized spacial score (nSPS) is 28.8. The standard InChI is InChI=1S/C14H12O2/c1-2-10-4-3-5-11(6-10)9-16-13(15)14-7-12(14)8-14/h1,3-6,12H,7-9H2. The molecule has 0 saturated heterocycles. The Kier molecular flexibility index (Phi) is 1.85. The topological polar surface area (TPSA) is 26.3 Å². The number of carbonyl (C=O) groups is 1. The Morgan fingerprint density at radius 2 is 2.31 bits per heavy atom. The molecule has 2 fully saturated rings. The summed E-state index contributed by atoms with van der Waals surface area (Å²) in [5.41, 5.74) is 1.73. The second kappa shape index (κ2) is 3.12. The first kappa shape index (κ1) is 9.47. The summed E-state index contributed by atoms with van der Waals surface area (Å²) >= 11 is 0. The predicted molar refractivity (Wildman–Crippen MR) is 59.3 cm³/mol. The van der Waals surface area contributed by atoms with Gasteiger partial charge < -0.3 is 4.74 Å². The molecule has 1 aromatic carbocycles. The van der Waals surface area contributed by atoms with Gasteiger partial charge in [-0.1, -0.05) is 18.1 Å². The van der Waals surface area contributed by atoms with Gasteiger partial charge in [-0.2, -0.15) is 0 Å². The second-order valence-electron chi connectivity index (χ2n) is 4.68. The van der Waals surface area contributed by atoms with Gasteiger partial charge >= 0.3 is 5.97 Å². The molecule has 0 atom stereocenters. The Bertz CT molecular complexity index is 490. The van der Waals surface area contributed by atoms with Crippen molar-refractivity contribution in [3.63, 3.8) is 0 Å². The van der Waals surface area contributed by atoms with Crippen LogP contribution in [0.2, 0.25) is 0 Å². The fourth-order valence-corrected chi connectivity index (χ4v) is 2.08. The van der Waals surface area contributed by atoms with Gasteiger partial charge in [0.1, 0.15) is 6.61 Å². The van der Waals surface area contributed by atoms with Crippen LogP contribution >= 0.6 is 0 Å². The van der Waals surface area contributed by atoms with E-state index >= 15 is 0 Å². The Morgan fingerprint density at radius 1 is 1.56 bits per heavy atom. The zero-order valence-electron chi connectivity index (χ0n) is 8.90. The second-order valence-corrected chi connectivity index (χ2v) is 4.68. The molecule has 0 bridgehead atoms. The van der Waals surface area contributed by atoms with Crippen LogP contribution in [0.5, 0.6) is 0 Å². The predicted octanol–water partition coefficient (Wildman–Crippen LogP) is 2.12. The van der Waals surface area contributed by atoms with Crippen molar-refractivity contribution in [3.8, 4) is 12.3 Å². The van der Waals surface area contributed by atoms with Crippen molar-refractivity contribution in [2.24, 2.45) is 11.3 Å². The van der Waals surface area contributed by atoms with Gasteiger partial charge in [0, 0.05) is 5.56 Å². The summed E-state index contributed by atoms with van der Waals surface area (Å²) in [5, 5.41) is 0. The fourth-order valence-electron chi connectivity index (χ4n) is 2.08. The number of ether oxygens (including phenoxy) is 1. The zero-order valence-corrected chi connectivity index (χ0v) is 8.90. The molecule has 0 radical (unpaired) electrons. The molecule has 0 aromatic heterocycles. The number of rotatable bonds is 3. The van der Waals surface area contributed by atoms with Gasteiger partial charge in [-0.3, -0.25) is 4.79 Å². The lowest BCUT2D eigenvalue weighted by molar-refractivity contribution is -0.149. The van der Waals surface area contributed by atoms with Gasteiger partial charge in [0.05, 0.1) is 5.41 Å². The molecule has 2 heteroatoms. The van der Waals surface area contributed by atoms with E-state index in [2.05, 4.69) is 5.92 Å². The van der Waals surface area contributed by atoms with Crippen LogP contribution in [0.25, 0.3) is 0 Å². The largest absolute Gasteiger partial charge is 0.460 e. The maximum Gasteiger partial charge on any atom is 0.312 e. The molecular formula is C14H12O2. The molecule has 2 nitrogen and oxygen atoms in total. The minimum Gasteiger partial charge on any atom is -0.460 e. The average Bonchev–Trinajstić information content (AvgIpc) is 3.14. The molecule has 0 spiro atoms. The van der Waals surface area contributed by atoms with Crippen LogP contribution in [0.4, 0.5) is 0 Å². The van der Waals surface area contributed by atoms with Crippen LogP contribution < -0.4 is 0 Å². The van der Waals surface area contributed by atoms with Crippen molar-refractivity contribution in [2.75, 3.05) is 0 Å². The molecule has 80 valence electrons. The van der Waals surface area contributed by atoms with Crippen molar-refractivity contribution in [1.29, 1.82) is 0 Å². The highest BCUT2D eigenvalue weighted by Crippen LogP contribution is 2.75. The van der Waals surface area contributed by atoms with E-state index in [0.717, 1.165) is 24.0 Å². The number of benzene rings is 1. The number of fused-ring (bicyclic) bond motifs is 1. The molecule has 2 saturated carbocycles. The lowest BCUT2D eigenvalue weighted by Gasteiger charge is -2.06. The molecule has 16 heavy (non-hydrogen) atoms. The number of carbonyl (C=O) groups excluding carboxylic acids is 1. The quantitative estimate of drug-likeness (QED) is 0.566. The molecule has 2 aliphatic carbocycles. The van der Waals surface area contributed by atoms with Gasteiger partial charge in [0.15, 0.2) is 0 Å². The molecule has 0 N–H and O–H groups in total. The van der Waals surface area contributed by atoms with Gasteiger partial charge in [-0.05, 0) is 36.5 Å². The lowest BCUT2D eigenvalue weighted by Crippen LogP contribution is -2.11. The van der Waals surface area contributed by atoms with Crippen molar-refractivity contribution in [2.45, 2.75) is 19.4 Å². The molecule has 0 heterocycles. The fraction of sp³-hybridized carbons (Fsp3) is 0.357. The maximum absolute atomic E-state index is 11.6. The summed E-state index contributed by atoms with van der Waals surface area (Å²) in [6, 6.07) is 7.54. The van der Waals surface area contributed by atoms with Crippen molar-refractivity contribution in [3.05, 3.63) is 35.4 Å². The first-order valence-electron chi connectivity index (χ1n) is 5.47. The summed E-state index contributed by atoms with van der Waals surface area (Å²) in [4.78, 5) is 11.6. The van der Waals surface area contributed by atoms with E-state index in [4.69, 9.17) is 11.2 Å². The molecule has 2 aliphatic rings. The zero-order chi connectivity index (χ0) is 11.2. The van der Waals surface area contributed by atoms with Crippen LogP contribution in [0.1, 0.15) is 24.0 Å². The Balaban J connectivity index is 1.61. The third-order valence-corrected chi connectivity index (χ3v) is 3.55. The smallest absolute Gasteiger partial charge is 0.312 e. The van der Waals surface area contributed by atoms with E-state index in [1.54, 1.807) is 0 Å². The summed E-state index contributed by atoms with van der Waals surface area (Å²) in [6.07, 6.45) is 7.38. The Labute approximate surface area is 94.6 Å². The third kappa shape index (κ3) is 1.40. The van der Waals surface area contributed by atoms with Crippen LogP contribution in [0.3, 0.4) is 0 Å². The molecular weight excluding hydrogens is 200 g/mol. The third-order valence-electron chi connectivity index (χ3n) is 3.55. The van der Waals surface area contributed by atoms with Crippen LogP contribution in [-0.4, -0.2) is 5.97 Å². The van der Waals surface area contributed by atoms with Crippen molar-refractivity contribution in [1.82, 2.24) is 0 Å². The minimum atomic E-state index is -0.0519. The highest BCUT2D eigenvalue weighted by atomic mass is 16.5. The number of hydrogen-bond donors (Lipinski definition) is 0. The molecule has 0 unspecified atom stereocenters. The van der Waals surface area contributed by atoms with Gasteiger partial charge in [-0.25, -0.2) is 0 Å². The Hall–Kier alpha value is -1.75. The number of terminal acetylenes is 1. The number of esters is 1. The summed E-state index contributed by atoms with van der Waals surface area (Å²) in [7, 11) is 0. The van der Waals surface area contributed by atoms with E-state index in [1.165, 1.54) is 0 Å². The minimum absolute atomic E-state index is 0.0244. The summed E-state index contributed by atoms with van der Waals surface area (Å²) < 4.78 is 5.29. The van der Waals surface area contributed by atoms with E-state index in [0.29, 0.717) is 12.5 Å². The molecule has 0 aliphatic heterocycles. The van der Waals surface area contributed by atoms with E-state index in [9.17, 15) is 4.79 Å². The Morgan fingerprint density at radius 3 is 2.94 bits per heavy atom. The summed E-state index contributed by atoms with van der Waals surface area (Å²) in [6.45, 7) is 0.336. The van der Waals surface area contributed by atoms with Gasteiger partial charge in [0.25, 0.3) is 0 Å². The van der Waals surface area contributed by atoms with E-state index in [-0.39, 0.29) is 11.4 Å². The molecule has 1 aromatic rings. The van der Waals surface area contributed by atoms with Crippen molar-refractivity contribution < 1.29 is 9.53 Å². The first-order valence-corrected chi connectivity index (χ1v) is 5.47. The van der Waals surface area contributed by atoms with Gasteiger partial charge in [0.2, 0.25) is 0 Å². The van der Waals surface area contributed by atoms with Crippen molar-refractivity contribution >= 4 is 5.97 Å². The monoisotopic (exact) mass is 212 g/mol. The maximum atomic E-state index is 11.6. The average molecular weight is 212 g/mol. The molecule has 0 amide bonds. The van der Waals surface area contributed by atoms with Crippen LogP contribution in [0, 0.1) is 23.7 Å². The highest BCUT2D eigenvalue weighted by molar-refractivity contribution is 5.85. The molecule has 3 rings (SSSR count). The number of hydrogen-bond acceptors (Lipinski definition) is 2. The SMILES string of the molecule is C#Cc1cccc(COC(=O)C23CC2C3)c1. The van der Waals surface area contributed by atoms with Crippen LogP contribution in [-0.2, 0) is 16.1 Å². The summed E-state index contributed by atoms with van der Waals surface area (Å²) in [5.74, 6) is 3.18. The highest BCUT2D eigenvalue weighted by Gasteiger charge is 2.75. The van der Waals surface area contributed by atoms with E-state index in [1.807, 2.05) is 24.3 Å². The van der Waals surface area contributed by atoms with Crippen LogP contribution in [0.15, 0.2) is 24.3 Å². The van der Waals surface area contributed by atoms with Gasteiger partial charge in [-0.15, -0.1) is 6.42 Å². The first-order chi connectivity index (χ1) is 7.74. The lowest BCUT2D eigenvalue weighted by atomic mass is 10.1. The van der Waals surface area contributed by atoms with E-state index < -0.39 is 0 Å².